The molecule has 0 bridgehead atoms. The van der Waals surface area contributed by atoms with Gasteiger partial charge in [0.05, 0.1) is 5.56 Å². The molecule has 0 saturated heterocycles. The minimum atomic E-state index is -0.937. The van der Waals surface area contributed by atoms with Crippen LogP contribution in [0.3, 0.4) is 0 Å². The molecule has 0 unspecified atom stereocenters. The van der Waals surface area contributed by atoms with Gasteiger partial charge in [0.1, 0.15) is 0 Å². The van der Waals surface area contributed by atoms with Crippen molar-refractivity contribution < 1.29 is 14.7 Å². The van der Waals surface area contributed by atoms with E-state index >= 15 is 0 Å². The average Bonchev–Trinajstić information content (AvgIpc) is 2.35. The summed E-state index contributed by atoms with van der Waals surface area (Å²) in [6.07, 6.45) is 0. The molecule has 6 nitrogen and oxygen atoms in total. The van der Waals surface area contributed by atoms with Crippen molar-refractivity contribution in [3.63, 3.8) is 0 Å². The van der Waals surface area contributed by atoms with Crippen molar-refractivity contribution in [3.05, 3.63) is 29.3 Å². The van der Waals surface area contributed by atoms with E-state index in [0.29, 0.717) is 13.1 Å². The van der Waals surface area contributed by atoms with E-state index in [1.807, 2.05) is 6.92 Å². The molecular weight excluding hydrogens is 246 g/mol. The Hall–Kier alpha value is -2.24. The molecule has 1 aromatic rings. The third kappa shape index (κ3) is 4.50. The quantitative estimate of drug-likeness (QED) is 0.702. The van der Waals surface area contributed by atoms with Gasteiger partial charge in [-0.1, -0.05) is 0 Å². The summed E-state index contributed by atoms with van der Waals surface area (Å²) in [4.78, 5) is 23.5. The Bertz CT molecular complexity index is 472. The monoisotopic (exact) mass is 265 g/mol. The number of carbonyl (C=O) groups is 2. The van der Waals surface area contributed by atoms with Crippen LogP contribution in [-0.4, -0.2) is 49.2 Å². The fourth-order valence-electron chi connectivity index (χ4n) is 1.52. The van der Waals surface area contributed by atoms with Crippen LogP contribution in [0.25, 0.3) is 0 Å². The standard InChI is InChI=1S/C13H19N3O3/c1-9-8-10(12(17)18)4-5-11(9)14-6-7-15-13(19)16(2)3/h4-5,8,14H,6-7H2,1-3H3,(H,15,19)(H,17,18). The van der Waals surface area contributed by atoms with Gasteiger partial charge < -0.3 is 20.6 Å². The van der Waals surface area contributed by atoms with Gasteiger partial charge in [0.25, 0.3) is 0 Å². The van der Waals surface area contributed by atoms with E-state index < -0.39 is 5.97 Å². The average molecular weight is 265 g/mol. The zero-order valence-corrected chi connectivity index (χ0v) is 11.4. The number of nitrogens with zero attached hydrogens (tertiary/aromatic N) is 1. The number of carbonyl (C=O) groups excluding carboxylic acids is 1. The van der Waals surface area contributed by atoms with Crippen LogP contribution in [0.2, 0.25) is 0 Å². The minimum absolute atomic E-state index is 0.139. The summed E-state index contributed by atoms with van der Waals surface area (Å²) in [5.74, 6) is -0.937. The van der Waals surface area contributed by atoms with E-state index in [2.05, 4.69) is 10.6 Å². The molecule has 2 amide bonds. The van der Waals surface area contributed by atoms with E-state index in [0.717, 1.165) is 11.3 Å². The van der Waals surface area contributed by atoms with E-state index in [1.165, 1.54) is 4.90 Å². The van der Waals surface area contributed by atoms with Crippen molar-refractivity contribution in [2.75, 3.05) is 32.5 Å². The Morgan fingerprint density at radius 3 is 2.47 bits per heavy atom. The highest BCUT2D eigenvalue weighted by atomic mass is 16.4. The van der Waals surface area contributed by atoms with E-state index in [9.17, 15) is 9.59 Å². The number of anilines is 1. The summed E-state index contributed by atoms with van der Waals surface area (Å²) in [5, 5.41) is 14.7. The van der Waals surface area contributed by atoms with Crippen LogP contribution in [0.15, 0.2) is 18.2 Å². The van der Waals surface area contributed by atoms with Crippen LogP contribution >= 0.6 is 0 Å². The maximum atomic E-state index is 11.3. The molecule has 0 aliphatic rings. The number of amides is 2. The Balaban J connectivity index is 2.46. The lowest BCUT2D eigenvalue weighted by Gasteiger charge is -2.13. The van der Waals surface area contributed by atoms with E-state index in [1.54, 1.807) is 32.3 Å². The van der Waals surface area contributed by atoms with Gasteiger partial charge in [-0.15, -0.1) is 0 Å². The molecule has 1 rings (SSSR count). The lowest BCUT2D eigenvalue weighted by atomic mass is 10.1. The molecule has 0 aromatic heterocycles. The van der Waals surface area contributed by atoms with E-state index in [4.69, 9.17) is 5.11 Å². The molecule has 0 fully saturated rings. The molecule has 104 valence electrons. The Labute approximate surface area is 112 Å². The highest BCUT2D eigenvalue weighted by Crippen LogP contribution is 2.16. The second kappa shape index (κ2) is 6.63. The maximum Gasteiger partial charge on any atom is 0.335 e. The van der Waals surface area contributed by atoms with Gasteiger partial charge in [0.15, 0.2) is 0 Å². The fourth-order valence-corrected chi connectivity index (χ4v) is 1.52. The SMILES string of the molecule is Cc1cc(C(=O)O)ccc1NCCNC(=O)N(C)C. The molecule has 0 aliphatic carbocycles. The first-order valence-electron chi connectivity index (χ1n) is 5.95. The molecule has 6 heteroatoms. The van der Waals surface area contributed by atoms with Crippen LogP contribution in [-0.2, 0) is 0 Å². The summed E-state index contributed by atoms with van der Waals surface area (Å²) in [6, 6.07) is 4.76. The smallest absolute Gasteiger partial charge is 0.335 e. The first kappa shape index (κ1) is 14.8. The number of rotatable bonds is 5. The van der Waals surface area contributed by atoms with Gasteiger partial charge in [0, 0.05) is 32.9 Å². The van der Waals surface area contributed by atoms with Gasteiger partial charge in [-0.3, -0.25) is 0 Å². The second-order valence-electron chi connectivity index (χ2n) is 4.39. The number of nitrogens with one attached hydrogen (secondary N) is 2. The Morgan fingerprint density at radius 2 is 1.95 bits per heavy atom. The number of benzene rings is 1. The molecule has 0 atom stereocenters. The van der Waals surface area contributed by atoms with Crippen LogP contribution in [0.1, 0.15) is 15.9 Å². The van der Waals surface area contributed by atoms with Crippen molar-refractivity contribution in [1.29, 1.82) is 0 Å². The lowest BCUT2D eigenvalue weighted by molar-refractivity contribution is 0.0697. The molecule has 0 radical (unpaired) electrons. The second-order valence-corrected chi connectivity index (χ2v) is 4.39. The number of hydrogen-bond acceptors (Lipinski definition) is 3. The topological polar surface area (TPSA) is 81.7 Å². The summed E-state index contributed by atoms with van der Waals surface area (Å²) < 4.78 is 0. The number of aromatic carboxylic acids is 1. The fraction of sp³-hybridized carbons (Fsp3) is 0.385. The van der Waals surface area contributed by atoms with Gasteiger partial charge in [0.2, 0.25) is 0 Å². The zero-order chi connectivity index (χ0) is 14.4. The molecule has 1 aromatic carbocycles. The van der Waals surface area contributed by atoms with E-state index in [-0.39, 0.29) is 11.6 Å². The third-order valence-corrected chi connectivity index (χ3v) is 2.60. The van der Waals surface area contributed by atoms with Gasteiger partial charge >= 0.3 is 12.0 Å². The first-order valence-corrected chi connectivity index (χ1v) is 5.95. The highest BCUT2D eigenvalue weighted by Gasteiger charge is 2.05. The zero-order valence-electron chi connectivity index (χ0n) is 11.4. The highest BCUT2D eigenvalue weighted by molar-refractivity contribution is 5.88. The van der Waals surface area contributed by atoms with Gasteiger partial charge in [-0.25, -0.2) is 9.59 Å². The Kier molecular flexibility index (Phi) is 5.17. The van der Waals surface area contributed by atoms with Crippen LogP contribution in [0.5, 0.6) is 0 Å². The molecule has 0 saturated carbocycles. The summed E-state index contributed by atoms with van der Waals surface area (Å²) in [6.45, 7) is 2.91. The lowest BCUT2D eigenvalue weighted by Crippen LogP contribution is -2.37. The number of hydrogen-bond donors (Lipinski definition) is 3. The predicted octanol–water partition coefficient (Wildman–Crippen LogP) is 1.38. The van der Waals surface area contributed by atoms with Crippen molar-refractivity contribution in [2.24, 2.45) is 0 Å². The number of carboxylic acid groups (broad SMARTS) is 1. The van der Waals surface area contributed by atoms with Gasteiger partial charge in [-0.05, 0) is 30.7 Å². The van der Waals surface area contributed by atoms with Crippen molar-refractivity contribution >= 4 is 17.7 Å². The largest absolute Gasteiger partial charge is 0.478 e. The van der Waals surface area contributed by atoms with Crippen LogP contribution in [0, 0.1) is 6.92 Å². The maximum absolute atomic E-state index is 11.3. The number of urea groups is 1. The summed E-state index contributed by atoms with van der Waals surface area (Å²) in [5.41, 5.74) is 1.99. The van der Waals surface area contributed by atoms with Crippen molar-refractivity contribution in [1.82, 2.24) is 10.2 Å². The molecule has 0 heterocycles. The third-order valence-electron chi connectivity index (χ3n) is 2.60. The van der Waals surface area contributed by atoms with Crippen LogP contribution < -0.4 is 10.6 Å². The number of aryl methyl sites for hydroxylation is 1. The van der Waals surface area contributed by atoms with Crippen LogP contribution in [0.4, 0.5) is 10.5 Å². The Morgan fingerprint density at radius 1 is 1.26 bits per heavy atom. The summed E-state index contributed by atoms with van der Waals surface area (Å²) in [7, 11) is 3.36. The normalized spacial score (nSPS) is 9.84. The summed E-state index contributed by atoms with van der Waals surface area (Å²) >= 11 is 0. The number of carboxylic acids is 1. The van der Waals surface area contributed by atoms with Crippen molar-refractivity contribution in [2.45, 2.75) is 6.92 Å². The first-order chi connectivity index (χ1) is 8.91. The molecule has 0 spiro atoms. The molecule has 0 aliphatic heterocycles. The minimum Gasteiger partial charge on any atom is -0.478 e. The van der Waals surface area contributed by atoms with Crippen molar-refractivity contribution in [3.8, 4) is 0 Å². The molecule has 3 N–H and O–H groups in total. The molecular formula is C13H19N3O3. The van der Waals surface area contributed by atoms with Gasteiger partial charge in [-0.2, -0.15) is 0 Å². The predicted molar refractivity (Wildman–Crippen MR) is 73.7 cm³/mol. The molecule has 19 heavy (non-hydrogen) atoms.